The lowest BCUT2D eigenvalue weighted by Crippen LogP contribution is -2.33. The Balaban J connectivity index is 4.15. The second kappa shape index (κ2) is 3.43. The van der Waals surface area contributed by atoms with Crippen LogP contribution in [0, 0.1) is 12.3 Å². The second-order valence-electron chi connectivity index (χ2n) is 3.35. The van der Waals surface area contributed by atoms with Crippen molar-refractivity contribution in [2.75, 3.05) is 20.6 Å². The molecule has 0 aliphatic carbocycles. The Hall–Kier alpha value is -0.740. The summed E-state index contributed by atoms with van der Waals surface area (Å²) in [6, 6.07) is 0. The largest absolute Gasteiger partial charge is 0.292 e. The maximum atomic E-state index is 5.20. The van der Waals surface area contributed by atoms with E-state index in [1.54, 1.807) is 0 Å². The highest BCUT2D eigenvalue weighted by Gasteiger charge is 2.07. The van der Waals surface area contributed by atoms with Crippen LogP contribution in [0.3, 0.4) is 0 Å². The molecule has 0 aliphatic rings. The first-order chi connectivity index (χ1) is 4.48. The molecule has 0 atom stereocenters. The first kappa shape index (κ1) is 9.26. The number of allylic oxidation sites excluding steroid dienone is 1. The van der Waals surface area contributed by atoms with Crippen LogP contribution in [0.2, 0.25) is 0 Å². The minimum atomic E-state index is 0.755. The third kappa shape index (κ3) is 4.17. The van der Waals surface area contributed by atoms with E-state index >= 15 is 0 Å². The zero-order chi connectivity index (χ0) is 8.20. The summed E-state index contributed by atoms with van der Waals surface area (Å²) >= 11 is 0. The van der Waals surface area contributed by atoms with E-state index in [-0.39, 0.29) is 0 Å². The lowest BCUT2D eigenvalue weighted by atomic mass is 10.3. The van der Waals surface area contributed by atoms with Crippen LogP contribution < -0.4 is 0 Å². The average molecular weight is 138 g/mol. The zero-order valence-corrected chi connectivity index (χ0v) is 7.31. The van der Waals surface area contributed by atoms with Crippen LogP contribution in [0.4, 0.5) is 0 Å². The molecule has 1 heteroatoms. The first-order valence-electron chi connectivity index (χ1n) is 3.40. The second-order valence-corrected chi connectivity index (χ2v) is 3.35. The van der Waals surface area contributed by atoms with Crippen molar-refractivity contribution in [1.82, 2.24) is 0 Å². The summed E-state index contributed by atoms with van der Waals surface area (Å²) in [5, 5.41) is 0. The fourth-order valence-corrected chi connectivity index (χ4v) is 0.980. The third-order valence-corrected chi connectivity index (χ3v) is 1.11. The van der Waals surface area contributed by atoms with Gasteiger partial charge in [-0.3, -0.25) is 4.48 Å². The van der Waals surface area contributed by atoms with Gasteiger partial charge in [0.2, 0.25) is 0 Å². The SMILES string of the molecule is C#CC[N+](C)(C)C=C(C)C. The molecular formula is C9H16N+. The molecule has 0 aromatic heterocycles. The molecular weight excluding hydrogens is 122 g/mol. The first-order valence-corrected chi connectivity index (χ1v) is 3.40. The summed E-state index contributed by atoms with van der Waals surface area (Å²) in [5.41, 5.74) is 1.31. The van der Waals surface area contributed by atoms with Gasteiger partial charge in [-0.15, -0.1) is 6.42 Å². The maximum absolute atomic E-state index is 5.20. The van der Waals surface area contributed by atoms with Crippen molar-refractivity contribution >= 4 is 0 Å². The van der Waals surface area contributed by atoms with Crippen molar-refractivity contribution in [2.24, 2.45) is 0 Å². The molecule has 1 nitrogen and oxygen atoms in total. The van der Waals surface area contributed by atoms with E-state index in [1.807, 2.05) is 0 Å². The van der Waals surface area contributed by atoms with E-state index in [4.69, 9.17) is 6.42 Å². The predicted molar refractivity (Wildman–Crippen MR) is 45.2 cm³/mol. The number of rotatable bonds is 2. The summed E-state index contributed by atoms with van der Waals surface area (Å²) in [5.74, 6) is 2.64. The minimum absolute atomic E-state index is 0.755. The lowest BCUT2D eigenvalue weighted by Gasteiger charge is -2.22. The van der Waals surface area contributed by atoms with Crippen LogP contribution in [0.5, 0.6) is 0 Å². The van der Waals surface area contributed by atoms with Gasteiger partial charge in [-0.1, -0.05) is 0 Å². The quantitative estimate of drug-likeness (QED) is 0.402. The minimum Gasteiger partial charge on any atom is -0.292 e. The van der Waals surface area contributed by atoms with Crippen molar-refractivity contribution in [1.29, 1.82) is 0 Å². The lowest BCUT2D eigenvalue weighted by molar-refractivity contribution is -0.831. The molecule has 0 heterocycles. The molecule has 0 rings (SSSR count). The van der Waals surface area contributed by atoms with Gasteiger partial charge in [0.25, 0.3) is 0 Å². The number of quaternary nitrogens is 1. The summed E-state index contributed by atoms with van der Waals surface area (Å²) in [6.45, 7) is 4.91. The summed E-state index contributed by atoms with van der Waals surface area (Å²) in [7, 11) is 4.18. The van der Waals surface area contributed by atoms with E-state index in [2.05, 4.69) is 40.1 Å². The average Bonchev–Trinajstić information content (AvgIpc) is 1.59. The van der Waals surface area contributed by atoms with E-state index in [9.17, 15) is 0 Å². The van der Waals surface area contributed by atoms with Crippen LogP contribution in [0.1, 0.15) is 13.8 Å². The Kier molecular flexibility index (Phi) is 3.18. The van der Waals surface area contributed by atoms with Crippen molar-refractivity contribution in [2.45, 2.75) is 13.8 Å². The summed E-state index contributed by atoms with van der Waals surface area (Å²) in [6.07, 6.45) is 7.35. The van der Waals surface area contributed by atoms with E-state index in [0.717, 1.165) is 11.0 Å². The number of terminal acetylenes is 1. The highest BCUT2D eigenvalue weighted by atomic mass is 15.3. The van der Waals surface area contributed by atoms with E-state index in [1.165, 1.54) is 5.57 Å². The van der Waals surface area contributed by atoms with Gasteiger partial charge in [0.15, 0.2) is 0 Å². The molecule has 10 heavy (non-hydrogen) atoms. The van der Waals surface area contributed by atoms with Gasteiger partial charge in [0, 0.05) is 0 Å². The van der Waals surface area contributed by atoms with Crippen molar-refractivity contribution in [3.8, 4) is 12.3 Å². The third-order valence-electron chi connectivity index (χ3n) is 1.11. The van der Waals surface area contributed by atoms with Gasteiger partial charge < -0.3 is 0 Å². The van der Waals surface area contributed by atoms with Crippen LogP contribution in [0.25, 0.3) is 0 Å². The Morgan fingerprint density at radius 2 is 2.00 bits per heavy atom. The normalized spacial score (nSPS) is 10.3. The highest BCUT2D eigenvalue weighted by Crippen LogP contribution is 2.01. The van der Waals surface area contributed by atoms with Gasteiger partial charge in [0.05, 0.1) is 20.3 Å². The van der Waals surface area contributed by atoms with Crippen LogP contribution in [0.15, 0.2) is 11.8 Å². The molecule has 0 aromatic rings. The molecule has 0 saturated heterocycles. The molecule has 0 bridgehead atoms. The smallest absolute Gasteiger partial charge is 0.144 e. The Labute approximate surface area is 63.9 Å². The van der Waals surface area contributed by atoms with Crippen LogP contribution in [-0.2, 0) is 0 Å². The molecule has 0 saturated carbocycles. The Morgan fingerprint density at radius 1 is 1.50 bits per heavy atom. The monoisotopic (exact) mass is 138 g/mol. The van der Waals surface area contributed by atoms with Crippen molar-refractivity contribution < 1.29 is 4.48 Å². The highest BCUT2D eigenvalue weighted by molar-refractivity contribution is 4.90. The molecule has 0 N–H and O–H groups in total. The molecule has 0 aromatic carbocycles. The fraction of sp³-hybridized carbons (Fsp3) is 0.556. The molecule has 0 spiro atoms. The van der Waals surface area contributed by atoms with Gasteiger partial charge in [-0.05, 0) is 25.3 Å². The van der Waals surface area contributed by atoms with Gasteiger partial charge in [-0.25, -0.2) is 0 Å². The number of hydrogen-bond acceptors (Lipinski definition) is 0. The molecule has 0 unspecified atom stereocenters. The predicted octanol–water partition coefficient (Wildman–Crippen LogP) is 1.62. The van der Waals surface area contributed by atoms with Crippen molar-refractivity contribution in [3.63, 3.8) is 0 Å². The topological polar surface area (TPSA) is 0 Å². The number of hydrogen-bond donors (Lipinski definition) is 0. The van der Waals surface area contributed by atoms with Gasteiger partial charge in [-0.2, -0.15) is 0 Å². The van der Waals surface area contributed by atoms with E-state index in [0.29, 0.717) is 0 Å². The van der Waals surface area contributed by atoms with Crippen LogP contribution in [-0.4, -0.2) is 25.1 Å². The molecule has 0 amide bonds. The van der Waals surface area contributed by atoms with E-state index < -0.39 is 0 Å². The van der Waals surface area contributed by atoms with Crippen LogP contribution >= 0.6 is 0 Å². The Bertz CT molecular complexity index is 166. The number of nitrogens with zero attached hydrogens (tertiary/aromatic N) is 1. The summed E-state index contributed by atoms with van der Waals surface area (Å²) < 4.78 is 0.777. The molecule has 0 aliphatic heterocycles. The molecule has 56 valence electrons. The van der Waals surface area contributed by atoms with Gasteiger partial charge >= 0.3 is 0 Å². The summed E-state index contributed by atoms with van der Waals surface area (Å²) in [4.78, 5) is 0. The molecule has 0 fully saturated rings. The Morgan fingerprint density at radius 3 is 2.30 bits per heavy atom. The zero-order valence-electron chi connectivity index (χ0n) is 7.31. The van der Waals surface area contributed by atoms with Crippen molar-refractivity contribution in [3.05, 3.63) is 11.8 Å². The maximum Gasteiger partial charge on any atom is 0.144 e. The fourth-order valence-electron chi connectivity index (χ4n) is 0.980. The standard InChI is InChI=1S/C9H16N/c1-6-7-10(4,5)8-9(2)3/h1,8H,7H2,2-5H3/q+1. The van der Waals surface area contributed by atoms with Gasteiger partial charge in [0.1, 0.15) is 6.54 Å². The molecule has 0 radical (unpaired) electrons.